The highest BCUT2D eigenvalue weighted by Crippen LogP contribution is 2.22. The van der Waals surface area contributed by atoms with Crippen molar-refractivity contribution in [3.05, 3.63) is 59.2 Å². The predicted molar refractivity (Wildman–Crippen MR) is 130 cm³/mol. The van der Waals surface area contributed by atoms with Crippen molar-refractivity contribution < 1.29 is 22.7 Å². The van der Waals surface area contributed by atoms with Crippen molar-refractivity contribution in [3.8, 4) is 5.75 Å². The second-order valence-electron chi connectivity index (χ2n) is 7.98. The lowest BCUT2D eigenvalue weighted by molar-refractivity contribution is -0.139. The van der Waals surface area contributed by atoms with E-state index >= 15 is 0 Å². The molecule has 0 saturated heterocycles. The van der Waals surface area contributed by atoms with Gasteiger partial charge in [-0.05, 0) is 68.7 Å². The van der Waals surface area contributed by atoms with Gasteiger partial charge >= 0.3 is 0 Å². The molecule has 2 aromatic rings. The quantitative estimate of drug-likeness (QED) is 0.570. The minimum absolute atomic E-state index is 0.145. The molecule has 1 N–H and O–H groups in total. The number of carbonyl (C=O) groups excluding carboxylic acids is 2. The molecule has 180 valence electrons. The molecule has 0 aliphatic rings. The van der Waals surface area contributed by atoms with Crippen LogP contribution in [0.5, 0.6) is 5.75 Å². The van der Waals surface area contributed by atoms with Gasteiger partial charge in [-0.3, -0.25) is 13.9 Å². The van der Waals surface area contributed by atoms with Crippen LogP contribution in [0.2, 0.25) is 0 Å². The van der Waals surface area contributed by atoms with Gasteiger partial charge in [0.15, 0.2) is 0 Å². The smallest absolute Gasteiger partial charge is 0.244 e. The number of amides is 2. The summed E-state index contributed by atoms with van der Waals surface area (Å²) in [6, 6.07) is 11.6. The standard InChI is InChI=1S/C24H33N3O5S/c1-7-25-24(29)19(4)26(15-20-9-12-22(32-5)13-10-20)23(28)16-27(33(6,30)31)21-11-8-17(2)18(3)14-21/h8-14,19H,7,15-16H2,1-6H3,(H,25,29)/t19-/m1/s1. The summed E-state index contributed by atoms with van der Waals surface area (Å²) in [5, 5.41) is 2.73. The van der Waals surface area contributed by atoms with Crippen molar-refractivity contribution in [3.63, 3.8) is 0 Å². The minimum atomic E-state index is -3.75. The van der Waals surface area contributed by atoms with E-state index in [0.29, 0.717) is 18.0 Å². The Morgan fingerprint density at radius 2 is 1.70 bits per heavy atom. The topological polar surface area (TPSA) is 96.0 Å². The zero-order valence-corrected chi connectivity index (χ0v) is 20.9. The Morgan fingerprint density at radius 1 is 1.06 bits per heavy atom. The first-order valence-electron chi connectivity index (χ1n) is 10.7. The number of nitrogens with zero attached hydrogens (tertiary/aromatic N) is 2. The summed E-state index contributed by atoms with van der Waals surface area (Å²) in [6.07, 6.45) is 1.07. The molecule has 0 fully saturated rings. The van der Waals surface area contributed by atoms with Crippen molar-refractivity contribution in [2.45, 2.75) is 40.3 Å². The van der Waals surface area contributed by atoms with Crippen LogP contribution in [-0.4, -0.2) is 57.6 Å². The fourth-order valence-corrected chi connectivity index (χ4v) is 4.17. The fourth-order valence-electron chi connectivity index (χ4n) is 3.33. The van der Waals surface area contributed by atoms with Gasteiger partial charge in [0.1, 0.15) is 18.3 Å². The lowest BCUT2D eigenvalue weighted by atomic mass is 10.1. The van der Waals surface area contributed by atoms with Crippen molar-refractivity contribution in [2.75, 3.05) is 30.8 Å². The van der Waals surface area contributed by atoms with Crippen LogP contribution in [0.1, 0.15) is 30.5 Å². The zero-order valence-electron chi connectivity index (χ0n) is 20.1. The second kappa shape index (κ2) is 11.2. The number of benzene rings is 2. The molecule has 33 heavy (non-hydrogen) atoms. The molecule has 8 nitrogen and oxygen atoms in total. The van der Waals surface area contributed by atoms with Gasteiger partial charge in [-0.25, -0.2) is 8.42 Å². The first-order valence-corrected chi connectivity index (χ1v) is 12.6. The highest BCUT2D eigenvalue weighted by atomic mass is 32.2. The number of sulfonamides is 1. The Labute approximate surface area is 196 Å². The van der Waals surface area contributed by atoms with Gasteiger partial charge in [-0.2, -0.15) is 0 Å². The number of aryl methyl sites for hydroxylation is 2. The third kappa shape index (κ3) is 6.95. The molecule has 0 aromatic heterocycles. The van der Waals surface area contributed by atoms with Gasteiger partial charge < -0.3 is 15.0 Å². The van der Waals surface area contributed by atoms with Crippen LogP contribution in [0.4, 0.5) is 5.69 Å². The number of carbonyl (C=O) groups is 2. The van der Waals surface area contributed by atoms with E-state index in [1.54, 1.807) is 57.4 Å². The van der Waals surface area contributed by atoms with E-state index in [-0.39, 0.29) is 12.5 Å². The first-order chi connectivity index (χ1) is 15.5. The average Bonchev–Trinajstić information content (AvgIpc) is 2.77. The van der Waals surface area contributed by atoms with Crippen LogP contribution in [-0.2, 0) is 26.2 Å². The van der Waals surface area contributed by atoms with E-state index in [0.717, 1.165) is 27.3 Å². The summed E-state index contributed by atoms with van der Waals surface area (Å²) in [5.74, 6) is -0.115. The van der Waals surface area contributed by atoms with Crippen LogP contribution in [0.15, 0.2) is 42.5 Å². The lowest BCUT2D eigenvalue weighted by Gasteiger charge is -2.31. The molecule has 2 aromatic carbocycles. The van der Waals surface area contributed by atoms with Crippen LogP contribution in [0, 0.1) is 13.8 Å². The molecule has 0 bridgehead atoms. The average molecular weight is 476 g/mol. The number of anilines is 1. The summed E-state index contributed by atoms with van der Waals surface area (Å²) in [5.41, 5.74) is 3.13. The zero-order chi connectivity index (χ0) is 24.8. The van der Waals surface area contributed by atoms with Crippen molar-refractivity contribution in [2.24, 2.45) is 0 Å². The van der Waals surface area contributed by atoms with E-state index in [2.05, 4.69) is 5.32 Å². The van der Waals surface area contributed by atoms with Crippen molar-refractivity contribution >= 4 is 27.5 Å². The molecular weight excluding hydrogens is 442 g/mol. The molecule has 0 saturated carbocycles. The normalized spacial score (nSPS) is 12.1. The molecule has 0 spiro atoms. The maximum atomic E-state index is 13.4. The van der Waals surface area contributed by atoms with Crippen molar-refractivity contribution in [1.29, 1.82) is 0 Å². The monoisotopic (exact) mass is 475 g/mol. The Bertz CT molecular complexity index is 1080. The summed E-state index contributed by atoms with van der Waals surface area (Å²) in [7, 11) is -2.18. The molecule has 0 unspecified atom stereocenters. The van der Waals surface area contributed by atoms with Gasteiger partial charge in [0.05, 0.1) is 19.1 Å². The van der Waals surface area contributed by atoms with E-state index in [4.69, 9.17) is 4.74 Å². The molecule has 0 aliphatic carbocycles. The van der Waals surface area contributed by atoms with Gasteiger partial charge in [-0.1, -0.05) is 18.2 Å². The van der Waals surface area contributed by atoms with Gasteiger partial charge in [0, 0.05) is 13.1 Å². The number of likely N-dealkylation sites (N-methyl/N-ethyl adjacent to an activating group) is 1. The Hall–Kier alpha value is -3.07. The Kier molecular flexibility index (Phi) is 8.87. The number of hydrogen-bond donors (Lipinski definition) is 1. The fraction of sp³-hybridized carbons (Fsp3) is 0.417. The number of ether oxygens (including phenoxy) is 1. The van der Waals surface area contributed by atoms with Gasteiger partial charge in [-0.15, -0.1) is 0 Å². The molecule has 2 amide bonds. The highest BCUT2D eigenvalue weighted by Gasteiger charge is 2.30. The van der Waals surface area contributed by atoms with Crippen LogP contribution in [0.25, 0.3) is 0 Å². The van der Waals surface area contributed by atoms with E-state index in [9.17, 15) is 18.0 Å². The van der Waals surface area contributed by atoms with E-state index < -0.39 is 28.5 Å². The molecular formula is C24H33N3O5S. The molecule has 0 heterocycles. The minimum Gasteiger partial charge on any atom is -0.497 e. The van der Waals surface area contributed by atoms with Gasteiger partial charge in [0.25, 0.3) is 0 Å². The molecule has 0 radical (unpaired) electrons. The second-order valence-corrected chi connectivity index (χ2v) is 9.89. The number of hydrogen-bond acceptors (Lipinski definition) is 5. The summed E-state index contributed by atoms with van der Waals surface area (Å²) in [6.45, 7) is 7.39. The Balaban J connectivity index is 2.39. The summed E-state index contributed by atoms with van der Waals surface area (Å²) in [4.78, 5) is 27.4. The predicted octanol–water partition coefficient (Wildman–Crippen LogP) is 2.63. The molecule has 1 atom stereocenters. The van der Waals surface area contributed by atoms with E-state index in [1.807, 2.05) is 19.9 Å². The largest absolute Gasteiger partial charge is 0.497 e. The third-order valence-electron chi connectivity index (χ3n) is 5.49. The SMILES string of the molecule is CCNC(=O)[C@@H](C)N(Cc1ccc(OC)cc1)C(=O)CN(c1ccc(C)c(C)c1)S(C)(=O)=O. The van der Waals surface area contributed by atoms with Gasteiger partial charge in [0.2, 0.25) is 21.8 Å². The Morgan fingerprint density at radius 3 is 2.21 bits per heavy atom. The molecule has 9 heteroatoms. The van der Waals surface area contributed by atoms with Crippen LogP contribution >= 0.6 is 0 Å². The number of nitrogens with one attached hydrogen (secondary N) is 1. The highest BCUT2D eigenvalue weighted by molar-refractivity contribution is 7.92. The number of rotatable bonds is 10. The summed E-state index contributed by atoms with van der Waals surface area (Å²) < 4.78 is 31.4. The maximum absolute atomic E-state index is 13.4. The summed E-state index contributed by atoms with van der Waals surface area (Å²) >= 11 is 0. The lowest BCUT2D eigenvalue weighted by Crippen LogP contribution is -2.51. The maximum Gasteiger partial charge on any atom is 0.244 e. The van der Waals surface area contributed by atoms with E-state index in [1.165, 1.54) is 4.90 Å². The van der Waals surface area contributed by atoms with Crippen LogP contribution < -0.4 is 14.4 Å². The molecule has 2 rings (SSSR count). The first kappa shape index (κ1) is 26.2. The van der Waals surface area contributed by atoms with Crippen LogP contribution in [0.3, 0.4) is 0 Å². The molecule has 0 aliphatic heterocycles. The third-order valence-corrected chi connectivity index (χ3v) is 6.63. The van der Waals surface area contributed by atoms with Crippen molar-refractivity contribution in [1.82, 2.24) is 10.2 Å². The number of methoxy groups -OCH3 is 1.